The van der Waals surface area contributed by atoms with Crippen molar-refractivity contribution in [1.82, 2.24) is 5.32 Å². The third-order valence-electron chi connectivity index (χ3n) is 2.42. The molecule has 0 aliphatic heterocycles. The summed E-state index contributed by atoms with van der Waals surface area (Å²) in [5.41, 5.74) is -0.224. The molecule has 0 saturated carbocycles. The number of non-ortho nitro benzene ring substituents is 1. The fourth-order valence-corrected chi connectivity index (χ4v) is 1.47. The van der Waals surface area contributed by atoms with Crippen LogP contribution in [0.3, 0.4) is 0 Å². The van der Waals surface area contributed by atoms with Gasteiger partial charge in [-0.05, 0) is 5.56 Å². The Hall–Kier alpha value is -2.65. The van der Waals surface area contributed by atoms with Crippen LogP contribution in [0.25, 0.3) is 0 Å². The van der Waals surface area contributed by atoms with E-state index < -0.39 is 35.4 Å². The monoisotopic (exact) mass is 306 g/mol. The van der Waals surface area contributed by atoms with Crippen LogP contribution in [0.5, 0.6) is 0 Å². The van der Waals surface area contributed by atoms with Gasteiger partial charge in [0.05, 0.1) is 4.92 Å². The van der Waals surface area contributed by atoms with Crippen molar-refractivity contribution in [2.45, 2.75) is 18.6 Å². The Morgan fingerprint density at radius 1 is 1.38 bits per heavy atom. The number of nitrogens with one attached hydrogen (secondary N) is 1. The molecule has 10 heteroatoms. The fourth-order valence-electron chi connectivity index (χ4n) is 1.47. The van der Waals surface area contributed by atoms with Crippen molar-refractivity contribution in [2.24, 2.45) is 0 Å². The number of nitrogens with zero attached hydrogens (tertiary/aromatic N) is 1. The molecule has 0 radical (unpaired) electrons. The number of carbonyl (C=O) groups is 2. The number of alkyl halides is 3. The van der Waals surface area contributed by atoms with Crippen LogP contribution in [0.1, 0.15) is 5.56 Å². The molecule has 0 fully saturated rings. The van der Waals surface area contributed by atoms with E-state index in [0.29, 0.717) is 0 Å². The molecule has 1 amide bonds. The quantitative estimate of drug-likeness (QED) is 0.629. The number of carboxylic acid groups (broad SMARTS) is 1. The Kier molecular flexibility index (Phi) is 4.84. The molecule has 2 N–H and O–H groups in total. The number of aliphatic carboxylic acids is 1. The van der Waals surface area contributed by atoms with Gasteiger partial charge < -0.3 is 10.4 Å². The predicted molar refractivity (Wildman–Crippen MR) is 62.4 cm³/mol. The zero-order valence-corrected chi connectivity index (χ0v) is 10.3. The molecule has 21 heavy (non-hydrogen) atoms. The van der Waals surface area contributed by atoms with Gasteiger partial charge in [-0.25, -0.2) is 4.79 Å². The molecule has 0 spiro atoms. The number of rotatable bonds is 5. The van der Waals surface area contributed by atoms with Gasteiger partial charge in [0.25, 0.3) is 5.69 Å². The lowest BCUT2D eigenvalue weighted by Crippen LogP contribution is -2.47. The second kappa shape index (κ2) is 6.20. The fraction of sp³-hybridized carbons (Fsp3) is 0.273. The number of carbonyl (C=O) groups excluding carboxylic acids is 1. The van der Waals surface area contributed by atoms with Gasteiger partial charge in [0.15, 0.2) is 0 Å². The first-order valence-corrected chi connectivity index (χ1v) is 5.45. The molecule has 0 bridgehead atoms. The summed E-state index contributed by atoms with van der Waals surface area (Å²) in [4.78, 5) is 31.4. The van der Waals surface area contributed by atoms with Crippen LogP contribution in [-0.2, 0) is 16.0 Å². The van der Waals surface area contributed by atoms with Crippen LogP contribution < -0.4 is 5.32 Å². The molecule has 1 aromatic rings. The molecule has 1 atom stereocenters. The van der Waals surface area contributed by atoms with Crippen molar-refractivity contribution in [3.8, 4) is 0 Å². The van der Waals surface area contributed by atoms with Crippen LogP contribution >= 0.6 is 0 Å². The maximum atomic E-state index is 12.1. The minimum Gasteiger partial charge on any atom is -0.480 e. The van der Waals surface area contributed by atoms with Gasteiger partial charge in [-0.2, -0.15) is 13.2 Å². The number of nitro benzene ring substituents is 1. The Bertz CT molecular complexity index is 573. The first kappa shape index (κ1) is 16.4. The van der Waals surface area contributed by atoms with E-state index in [1.807, 2.05) is 0 Å². The van der Waals surface area contributed by atoms with E-state index in [4.69, 9.17) is 5.11 Å². The molecule has 0 aliphatic carbocycles. The van der Waals surface area contributed by atoms with Crippen molar-refractivity contribution in [1.29, 1.82) is 0 Å². The van der Waals surface area contributed by atoms with E-state index in [9.17, 15) is 32.9 Å². The summed E-state index contributed by atoms with van der Waals surface area (Å²) in [6, 6.07) is 2.89. The molecule has 0 aliphatic rings. The summed E-state index contributed by atoms with van der Waals surface area (Å²) in [5.74, 6) is -4.07. The van der Waals surface area contributed by atoms with Crippen LogP contribution in [0, 0.1) is 10.1 Å². The Labute approximate surface area is 115 Å². The van der Waals surface area contributed by atoms with E-state index in [0.717, 1.165) is 12.1 Å². The lowest BCUT2D eigenvalue weighted by Gasteiger charge is -2.15. The highest BCUT2D eigenvalue weighted by molar-refractivity contribution is 5.87. The van der Waals surface area contributed by atoms with Crippen LogP contribution in [0.2, 0.25) is 0 Å². The normalized spacial score (nSPS) is 12.5. The zero-order valence-electron chi connectivity index (χ0n) is 10.3. The predicted octanol–water partition coefficient (Wildman–Crippen LogP) is 1.27. The molecular weight excluding hydrogens is 297 g/mol. The summed E-state index contributed by atoms with van der Waals surface area (Å²) >= 11 is 0. The highest BCUT2D eigenvalue weighted by Crippen LogP contribution is 2.17. The van der Waals surface area contributed by atoms with Gasteiger partial charge in [-0.3, -0.25) is 14.9 Å². The number of halogens is 3. The molecule has 0 heterocycles. The van der Waals surface area contributed by atoms with Crippen molar-refractivity contribution in [3.63, 3.8) is 0 Å². The smallest absolute Gasteiger partial charge is 0.471 e. The van der Waals surface area contributed by atoms with Crippen molar-refractivity contribution in [2.75, 3.05) is 0 Å². The molecule has 0 aromatic heterocycles. The van der Waals surface area contributed by atoms with Crippen LogP contribution in [0.4, 0.5) is 18.9 Å². The van der Waals surface area contributed by atoms with Crippen molar-refractivity contribution >= 4 is 17.6 Å². The summed E-state index contributed by atoms with van der Waals surface area (Å²) < 4.78 is 36.3. The third kappa shape index (κ3) is 4.75. The molecule has 1 aromatic carbocycles. The second-order valence-corrected chi connectivity index (χ2v) is 3.99. The van der Waals surface area contributed by atoms with Gasteiger partial charge >= 0.3 is 18.1 Å². The highest BCUT2D eigenvalue weighted by atomic mass is 19.4. The van der Waals surface area contributed by atoms with E-state index >= 15 is 0 Å². The number of benzene rings is 1. The summed E-state index contributed by atoms with van der Waals surface area (Å²) in [6.45, 7) is 0. The molecule has 114 valence electrons. The third-order valence-corrected chi connectivity index (χ3v) is 2.42. The Morgan fingerprint density at radius 2 is 2.00 bits per heavy atom. The van der Waals surface area contributed by atoms with E-state index in [-0.39, 0.29) is 11.3 Å². The standard InChI is InChI=1S/C11H9F3N2O5/c12-11(13,14)10(19)15-8(9(17)18)5-6-2-1-3-7(4-6)16(20)21/h1-4,8H,5H2,(H,15,19)(H,17,18)/t8-/m0/s1. The maximum absolute atomic E-state index is 12.1. The average Bonchev–Trinajstić information content (AvgIpc) is 2.36. The molecule has 0 saturated heterocycles. The Morgan fingerprint density at radius 3 is 2.48 bits per heavy atom. The topological polar surface area (TPSA) is 110 Å². The number of carboxylic acids is 1. The second-order valence-electron chi connectivity index (χ2n) is 3.99. The summed E-state index contributed by atoms with van der Waals surface area (Å²) in [5, 5.41) is 20.7. The maximum Gasteiger partial charge on any atom is 0.471 e. The molecule has 0 unspecified atom stereocenters. The van der Waals surface area contributed by atoms with E-state index in [1.165, 1.54) is 17.4 Å². The SMILES string of the molecule is O=C(O)[C@H](Cc1cccc([N+](=O)[O-])c1)NC(=O)C(F)(F)F. The number of amides is 1. The molecule has 7 nitrogen and oxygen atoms in total. The molecular formula is C11H9F3N2O5. The summed E-state index contributed by atoms with van der Waals surface area (Å²) in [7, 11) is 0. The molecule has 1 rings (SSSR count). The van der Waals surface area contributed by atoms with Crippen molar-refractivity contribution < 1.29 is 32.8 Å². The number of hydrogen-bond acceptors (Lipinski definition) is 4. The van der Waals surface area contributed by atoms with E-state index in [1.54, 1.807) is 0 Å². The first-order valence-electron chi connectivity index (χ1n) is 5.45. The Balaban J connectivity index is 2.89. The zero-order chi connectivity index (χ0) is 16.2. The van der Waals surface area contributed by atoms with Gasteiger partial charge in [0.1, 0.15) is 6.04 Å². The first-order chi connectivity index (χ1) is 9.61. The average molecular weight is 306 g/mol. The highest BCUT2D eigenvalue weighted by Gasteiger charge is 2.40. The van der Waals surface area contributed by atoms with Gasteiger partial charge in [-0.1, -0.05) is 12.1 Å². The lowest BCUT2D eigenvalue weighted by atomic mass is 10.1. The lowest BCUT2D eigenvalue weighted by molar-refractivity contribution is -0.384. The van der Waals surface area contributed by atoms with Crippen LogP contribution in [0.15, 0.2) is 24.3 Å². The van der Waals surface area contributed by atoms with Crippen LogP contribution in [-0.4, -0.2) is 34.1 Å². The largest absolute Gasteiger partial charge is 0.480 e. The van der Waals surface area contributed by atoms with Gasteiger partial charge in [0.2, 0.25) is 0 Å². The van der Waals surface area contributed by atoms with Gasteiger partial charge in [0, 0.05) is 18.6 Å². The van der Waals surface area contributed by atoms with Gasteiger partial charge in [-0.15, -0.1) is 0 Å². The summed E-state index contributed by atoms with van der Waals surface area (Å²) in [6.07, 6.45) is -5.73. The number of hydrogen-bond donors (Lipinski definition) is 2. The minimum absolute atomic E-state index is 0.110. The number of nitro groups is 1. The van der Waals surface area contributed by atoms with E-state index in [2.05, 4.69) is 0 Å². The minimum atomic E-state index is -5.21. The van der Waals surface area contributed by atoms with Crippen molar-refractivity contribution in [3.05, 3.63) is 39.9 Å².